The van der Waals surface area contributed by atoms with Gasteiger partial charge in [-0.2, -0.15) is 0 Å². The molecular weight excluding hydrogens is 781 g/mol. The smallest absolute Gasteiger partial charge is 0.306 e. The maximum Gasteiger partial charge on any atom is 0.306 e. The fourth-order valence-corrected chi connectivity index (χ4v) is 6.91. The lowest BCUT2D eigenvalue weighted by Gasteiger charge is -2.18. The molecule has 0 fully saturated rings. The summed E-state index contributed by atoms with van der Waals surface area (Å²) < 4.78 is 16.8. The minimum atomic E-state index is -0.794. The molecule has 0 spiro atoms. The zero-order valence-corrected chi connectivity index (χ0v) is 41.1. The molecule has 0 aromatic rings. The molecule has 0 aromatic heterocycles. The first kappa shape index (κ1) is 59.6. The third-order valence-electron chi connectivity index (χ3n) is 10.9. The molecule has 1 unspecified atom stereocenters. The summed E-state index contributed by atoms with van der Waals surface area (Å²) in [6.07, 6.45) is 65.6. The zero-order valence-electron chi connectivity index (χ0n) is 41.1. The van der Waals surface area contributed by atoms with Crippen LogP contribution in [-0.2, 0) is 28.6 Å². The second kappa shape index (κ2) is 51.2. The number of unbranched alkanes of at least 4 members (excludes halogenated alkanes) is 21. The molecule has 0 heterocycles. The van der Waals surface area contributed by atoms with Crippen LogP contribution in [0.4, 0.5) is 0 Å². The highest BCUT2D eigenvalue weighted by Crippen LogP contribution is 2.14. The van der Waals surface area contributed by atoms with Gasteiger partial charge in [0.1, 0.15) is 13.2 Å². The fourth-order valence-electron chi connectivity index (χ4n) is 6.91. The van der Waals surface area contributed by atoms with E-state index >= 15 is 0 Å². The lowest BCUT2D eigenvalue weighted by Crippen LogP contribution is -2.30. The van der Waals surface area contributed by atoms with Crippen LogP contribution < -0.4 is 0 Å². The summed E-state index contributed by atoms with van der Waals surface area (Å²) in [5.41, 5.74) is 0. The van der Waals surface area contributed by atoms with Gasteiger partial charge in [0.05, 0.1) is 0 Å². The van der Waals surface area contributed by atoms with Crippen LogP contribution in [0.25, 0.3) is 0 Å². The van der Waals surface area contributed by atoms with Gasteiger partial charge in [0, 0.05) is 19.3 Å². The monoisotopic (exact) mass is 877 g/mol. The highest BCUT2D eigenvalue weighted by atomic mass is 16.6. The van der Waals surface area contributed by atoms with E-state index < -0.39 is 6.10 Å². The van der Waals surface area contributed by atoms with Crippen molar-refractivity contribution in [1.82, 2.24) is 0 Å². The summed E-state index contributed by atoms with van der Waals surface area (Å²) in [5.74, 6) is -0.935. The second-order valence-corrected chi connectivity index (χ2v) is 17.0. The van der Waals surface area contributed by atoms with Gasteiger partial charge in [-0.3, -0.25) is 14.4 Å². The van der Waals surface area contributed by atoms with Crippen LogP contribution in [0.2, 0.25) is 0 Å². The predicted molar refractivity (Wildman–Crippen MR) is 270 cm³/mol. The number of hydrogen-bond donors (Lipinski definition) is 0. The predicted octanol–water partition coefficient (Wildman–Crippen LogP) is 17.2. The van der Waals surface area contributed by atoms with Crippen molar-refractivity contribution in [3.63, 3.8) is 0 Å². The molecule has 0 N–H and O–H groups in total. The van der Waals surface area contributed by atoms with E-state index in [0.717, 1.165) is 122 Å². The molecule has 63 heavy (non-hydrogen) atoms. The lowest BCUT2D eigenvalue weighted by molar-refractivity contribution is -0.167. The number of ether oxygens (including phenoxy) is 3. The molecule has 0 radical (unpaired) electrons. The summed E-state index contributed by atoms with van der Waals surface area (Å²) in [6.45, 7) is 6.42. The van der Waals surface area contributed by atoms with E-state index in [4.69, 9.17) is 14.2 Å². The van der Waals surface area contributed by atoms with Crippen LogP contribution in [0.15, 0.2) is 85.1 Å². The number of esters is 3. The Labute approximate surface area is 388 Å². The molecule has 0 rings (SSSR count). The van der Waals surface area contributed by atoms with Crippen molar-refractivity contribution in [1.29, 1.82) is 0 Å². The molecule has 0 saturated heterocycles. The Hall–Kier alpha value is -3.41. The fraction of sp³-hybridized carbons (Fsp3) is 0.702. The largest absolute Gasteiger partial charge is 0.462 e. The summed E-state index contributed by atoms with van der Waals surface area (Å²) >= 11 is 0. The Morgan fingerprint density at radius 1 is 0.333 bits per heavy atom. The van der Waals surface area contributed by atoms with Crippen LogP contribution in [-0.4, -0.2) is 37.2 Å². The summed E-state index contributed by atoms with van der Waals surface area (Å²) in [6, 6.07) is 0. The van der Waals surface area contributed by atoms with Crippen LogP contribution >= 0.6 is 0 Å². The maximum atomic E-state index is 12.8. The van der Waals surface area contributed by atoms with Crippen molar-refractivity contribution in [2.75, 3.05) is 13.2 Å². The highest BCUT2D eigenvalue weighted by molar-refractivity contribution is 5.71. The Kier molecular flexibility index (Phi) is 48.5. The third-order valence-corrected chi connectivity index (χ3v) is 10.9. The van der Waals surface area contributed by atoms with E-state index in [-0.39, 0.29) is 31.1 Å². The molecule has 360 valence electrons. The first-order valence-electron chi connectivity index (χ1n) is 26.1. The number of allylic oxidation sites excluding steroid dienone is 14. The van der Waals surface area contributed by atoms with Gasteiger partial charge in [0.15, 0.2) is 6.10 Å². The molecule has 0 aliphatic carbocycles. The topological polar surface area (TPSA) is 78.9 Å². The first-order valence-corrected chi connectivity index (χ1v) is 26.1. The van der Waals surface area contributed by atoms with Crippen LogP contribution in [0.3, 0.4) is 0 Å². The molecule has 6 heteroatoms. The quantitative estimate of drug-likeness (QED) is 0.0262. The average molecular weight is 877 g/mol. The normalized spacial score (nSPS) is 12.7. The molecule has 0 bridgehead atoms. The molecular formula is C57H96O6. The van der Waals surface area contributed by atoms with Crippen molar-refractivity contribution in [2.45, 2.75) is 245 Å². The zero-order chi connectivity index (χ0) is 45.8. The van der Waals surface area contributed by atoms with Gasteiger partial charge in [-0.05, 0) is 109 Å². The van der Waals surface area contributed by atoms with Gasteiger partial charge >= 0.3 is 17.9 Å². The summed E-state index contributed by atoms with van der Waals surface area (Å²) in [7, 11) is 0. The van der Waals surface area contributed by atoms with Gasteiger partial charge in [-0.15, -0.1) is 0 Å². The van der Waals surface area contributed by atoms with Gasteiger partial charge in [-0.25, -0.2) is 0 Å². The van der Waals surface area contributed by atoms with Crippen molar-refractivity contribution in [3.8, 4) is 0 Å². The van der Waals surface area contributed by atoms with E-state index in [1.54, 1.807) is 0 Å². The van der Waals surface area contributed by atoms with Gasteiger partial charge in [-0.1, -0.05) is 196 Å². The van der Waals surface area contributed by atoms with Gasteiger partial charge in [0.25, 0.3) is 0 Å². The molecule has 0 aromatic carbocycles. The molecule has 0 amide bonds. The van der Waals surface area contributed by atoms with Crippen LogP contribution in [0.5, 0.6) is 0 Å². The van der Waals surface area contributed by atoms with Crippen molar-refractivity contribution in [3.05, 3.63) is 85.1 Å². The minimum Gasteiger partial charge on any atom is -0.462 e. The maximum absolute atomic E-state index is 12.8. The van der Waals surface area contributed by atoms with Crippen molar-refractivity contribution < 1.29 is 28.6 Å². The van der Waals surface area contributed by atoms with E-state index in [9.17, 15) is 14.4 Å². The van der Waals surface area contributed by atoms with Gasteiger partial charge < -0.3 is 14.2 Å². The number of hydrogen-bond acceptors (Lipinski definition) is 6. The summed E-state index contributed by atoms with van der Waals surface area (Å²) in [4.78, 5) is 38.0. The second-order valence-electron chi connectivity index (χ2n) is 17.0. The Morgan fingerprint density at radius 3 is 1.03 bits per heavy atom. The van der Waals surface area contributed by atoms with Crippen LogP contribution in [0, 0.1) is 0 Å². The van der Waals surface area contributed by atoms with Crippen LogP contribution in [0.1, 0.15) is 239 Å². The van der Waals surface area contributed by atoms with Crippen molar-refractivity contribution in [2.24, 2.45) is 0 Å². The number of carbonyl (C=O) groups excluding carboxylic acids is 3. The van der Waals surface area contributed by atoms with E-state index in [0.29, 0.717) is 19.3 Å². The number of carbonyl (C=O) groups is 3. The SMILES string of the molecule is CC/C=C\C/C=C\C/C=C\C/C=C\CCCCCCC(=O)OCC(COC(=O)CCCCCCC/C=C\CCCC)OC(=O)CCCCCCCCC/C=C\C/C=C\CCCCC. The Morgan fingerprint density at radius 2 is 0.635 bits per heavy atom. The third kappa shape index (κ3) is 49.5. The minimum absolute atomic E-state index is 0.0928. The molecule has 0 aliphatic rings. The van der Waals surface area contributed by atoms with E-state index in [1.165, 1.54) is 77.0 Å². The Bertz CT molecular complexity index is 1240. The first-order chi connectivity index (χ1) is 31.0. The summed E-state index contributed by atoms with van der Waals surface area (Å²) in [5, 5.41) is 0. The Balaban J connectivity index is 4.43. The average Bonchev–Trinajstić information content (AvgIpc) is 3.28. The highest BCUT2D eigenvalue weighted by Gasteiger charge is 2.19. The lowest BCUT2D eigenvalue weighted by atomic mass is 10.1. The number of rotatable bonds is 46. The standard InChI is InChI=1S/C57H96O6/c1-4-7-10-13-16-19-22-24-26-28-30-32-35-38-41-44-47-50-56(59)62-53-54(52-61-55(58)49-46-43-40-37-34-21-18-15-12-9-6-3)63-57(60)51-48-45-42-39-36-33-31-29-27-25-23-20-17-14-11-8-5-2/h7,10,15-20,24-27,30,32,54H,4-6,8-9,11-14,21-23,28-29,31,33-53H2,1-3H3/b10-7-,18-15-,19-16-,20-17-,26-24-,27-25-,32-30-. The van der Waals surface area contributed by atoms with Gasteiger partial charge in [0.2, 0.25) is 0 Å². The van der Waals surface area contributed by atoms with E-state index in [2.05, 4.69) is 106 Å². The molecule has 1 atom stereocenters. The van der Waals surface area contributed by atoms with E-state index in [1.807, 2.05) is 0 Å². The molecule has 6 nitrogen and oxygen atoms in total. The molecule has 0 aliphatic heterocycles. The molecule has 0 saturated carbocycles. The van der Waals surface area contributed by atoms with Crippen molar-refractivity contribution >= 4 is 17.9 Å².